The summed E-state index contributed by atoms with van der Waals surface area (Å²) in [6.07, 6.45) is 9.49. The highest BCUT2D eigenvalue weighted by atomic mass is 16.5. The van der Waals surface area contributed by atoms with Crippen LogP contribution in [0.25, 0.3) is 0 Å². The van der Waals surface area contributed by atoms with Crippen LogP contribution in [0.4, 0.5) is 0 Å². The molecule has 0 radical (unpaired) electrons. The molecule has 0 aliphatic carbocycles. The van der Waals surface area contributed by atoms with Crippen LogP contribution in [-0.2, 0) is 4.74 Å². The van der Waals surface area contributed by atoms with Crippen molar-refractivity contribution in [3.63, 3.8) is 0 Å². The predicted molar refractivity (Wildman–Crippen MR) is 67.6 cm³/mol. The first-order valence-corrected chi connectivity index (χ1v) is 5.25. The fourth-order valence-electron chi connectivity index (χ4n) is 1.13. The highest BCUT2D eigenvalue weighted by Gasteiger charge is 2.05. The molecule has 0 aromatic rings. The number of allylic oxidation sites excluding steroid dienone is 5. The van der Waals surface area contributed by atoms with E-state index < -0.39 is 0 Å². The molecule has 0 bridgehead atoms. The Morgan fingerprint density at radius 2 is 2.00 bits per heavy atom. The Hall–Kier alpha value is -1.50. The molecule has 15 heavy (non-hydrogen) atoms. The van der Waals surface area contributed by atoms with Crippen molar-refractivity contribution >= 4 is 0 Å². The highest BCUT2D eigenvalue weighted by molar-refractivity contribution is 5.44. The van der Waals surface area contributed by atoms with Crippen LogP contribution < -0.4 is 0 Å². The third kappa shape index (κ3) is 4.03. The molecule has 1 aliphatic rings. The Balaban J connectivity index is 0.000000921. The summed E-state index contributed by atoms with van der Waals surface area (Å²) < 4.78 is 5.45. The predicted octanol–water partition coefficient (Wildman–Crippen LogP) is 4.17. The van der Waals surface area contributed by atoms with Crippen LogP contribution in [0.15, 0.2) is 60.4 Å². The van der Waals surface area contributed by atoms with Gasteiger partial charge in [-0.15, -0.1) is 0 Å². The summed E-state index contributed by atoms with van der Waals surface area (Å²) in [6.45, 7) is 14.1. The molecule has 0 spiro atoms. The van der Waals surface area contributed by atoms with E-state index >= 15 is 0 Å². The van der Waals surface area contributed by atoms with Gasteiger partial charge in [-0.2, -0.15) is 0 Å². The standard InChI is InChI=1S/C12H14O.C2H6/c1-4-10(3)11(5-2)12-8-6-7-9-13-12;1-2/h4-8H,1-2,9H2,3H3;1-2H3/b11-10+;. The van der Waals surface area contributed by atoms with Crippen LogP contribution in [-0.4, -0.2) is 6.61 Å². The second-order valence-electron chi connectivity index (χ2n) is 2.78. The average Bonchev–Trinajstić information content (AvgIpc) is 2.33. The molecule has 1 aliphatic heterocycles. The van der Waals surface area contributed by atoms with E-state index in [0.29, 0.717) is 6.61 Å². The third-order valence-electron chi connectivity index (χ3n) is 1.92. The Labute approximate surface area is 93.1 Å². The topological polar surface area (TPSA) is 9.23 Å². The molecule has 0 fully saturated rings. The van der Waals surface area contributed by atoms with E-state index in [0.717, 1.165) is 16.9 Å². The van der Waals surface area contributed by atoms with Crippen molar-refractivity contribution in [3.05, 3.63) is 60.4 Å². The third-order valence-corrected chi connectivity index (χ3v) is 1.92. The van der Waals surface area contributed by atoms with Gasteiger partial charge >= 0.3 is 0 Å². The van der Waals surface area contributed by atoms with Crippen molar-refractivity contribution < 1.29 is 4.74 Å². The minimum Gasteiger partial charge on any atom is -0.489 e. The zero-order chi connectivity index (χ0) is 11.7. The van der Waals surface area contributed by atoms with Gasteiger partial charge in [0.2, 0.25) is 0 Å². The van der Waals surface area contributed by atoms with Gasteiger partial charge in [0.15, 0.2) is 0 Å². The molecule has 0 unspecified atom stereocenters. The molecule has 0 aromatic heterocycles. The minimum absolute atomic E-state index is 0.633. The summed E-state index contributed by atoms with van der Waals surface area (Å²) in [5, 5.41) is 0. The SMILES string of the molecule is C=C/C(C)=C(\C=C)C1=CC=CCO1.CC. The molecule has 0 saturated heterocycles. The van der Waals surface area contributed by atoms with E-state index in [9.17, 15) is 0 Å². The van der Waals surface area contributed by atoms with Gasteiger partial charge in [-0.3, -0.25) is 0 Å². The molecule has 0 aromatic carbocycles. The Morgan fingerprint density at radius 3 is 2.40 bits per heavy atom. The summed E-state index contributed by atoms with van der Waals surface area (Å²) in [4.78, 5) is 0. The van der Waals surface area contributed by atoms with Crippen molar-refractivity contribution in [2.24, 2.45) is 0 Å². The maximum Gasteiger partial charge on any atom is 0.127 e. The van der Waals surface area contributed by atoms with Gasteiger partial charge in [-0.25, -0.2) is 0 Å². The first kappa shape index (κ1) is 13.5. The van der Waals surface area contributed by atoms with Crippen LogP contribution in [0.1, 0.15) is 20.8 Å². The van der Waals surface area contributed by atoms with Gasteiger partial charge in [0.05, 0.1) is 0 Å². The molecule has 1 rings (SSSR count). The van der Waals surface area contributed by atoms with E-state index in [1.54, 1.807) is 12.2 Å². The van der Waals surface area contributed by atoms with Crippen molar-refractivity contribution in [1.29, 1.82) is 0 Å². The van der Waals surface area contributed by atoms with Gasteiger partial charge in [-0.05, 0) is 24.6 Å². The van der Waals surface area contributed by atoms with Crippen LogP contribution in [0.5, 0.6) is 0 Å². The molecular weight excluding hydrogens is 184 g/mol. The van der Waals surface area contributed by atoms with Crippen molar-refractivity contribution in [1.82, 2.24) is 0 Å². The van der Waals surface area contributed by atoms with Crippen LogP contribution in [0.3, 0.4) is 0 Å². The molecule has 0 N–H and O–H groups in total. The maximum absolute atomic E-state index is 5.45. The van der Waals surface area contributed by atoms with Crippen LogP contribution >= 0.6 is 0 Å². The Bertz CT molecular complexity index is 303. The zero-order valence-corrected chi connectivity index (χ0v) is 9.92. The highest BCUT2D eigenvalue weighted by Crippen LogP contribution is 2.19. The zero-order valence-electron chi connectivity index (χ0n) is 9.92. The molecule has 1 nitrogen and oxygen atoms in total. The lowest BCUT2D eigenvalue weighted by Crippen LogP contribution is -1.99. The summed E-state index contributed by atoms with van der Waals surface area (Å²) in [5.74, 6) is 0.870. The number of hydrogen-bond acceptors (Lipinski definition) is 1. The van der Waals surface area contributed by atoms with Crippen molar-refractivity contribution in [2.75, 3.05) is 6.61 Å². The summed E-state index contributed by atoms with van der Waals surface area (Å²) >= 11 is 0. The van der Waals surface area contributed by atoms with Gasteiger partial charge in [0.25, 0.3) is 0 Å². The molecule has 0 amide bonds. The smallest absolute Gasteiger partial charge is 0.127 e. The Kier molecular flexibility index (Phi) is 7.08. The second kappa shape index (κ2) is 7.86. The minimum atomic E-state index is 0.633. The average molecular weight is 204 g/mol. The summed E-state index contributed by atoms with van der Waals surface area (Å²) in [6, 6.07) is 0. The molecular formula is C14H20O. The van der Waals surface area contributed by atoms with E-state index in [2.05, 4.69) is 13.2 Å². The second-order valence-corrected chi connectivity index (χ2v) is 2.78. The quantitative estimate of drug-likeness (QED) is 0.627. The first-order chi connectivity index (χ1) is 7.29. The van der Waals surface area contributed by atoms with E-state index in [-0.39, 0.29) is 0 Å². The lowest BCUT2D eigenvalue weighted by atomic mass is 10.1. The summed E-state index contributed by atoms with van der Waals surface area (Å²) in [5.41, 5.74) is 2.09. The molecule has 1 heteroatoms. The number of ether oxygens (including phenoxy) is 1. The fourth-order valence-corrected chi connectivity index (χ4v) is 1.13. The van der Waals surface area contributed by atoms with Crippen LogP contribution in [0.2, 0.25) is 0 Å². The monoisotopic (exact) mass is 204 g/mol. The van der Waals surface area contributed by atoms with Gasteiger partial charge < -0.3 is 4.74 Å². The lowest BCUT2D eigenvalue weighted by molar-refractivity contribution is 0.253. The normalized spacial score (nSPS) is 15.0. The van der Waals surface area contributed by atoms with Gasteiger partial charge in [0.1, 0.15) is 12.4 Å². The maximum atomic E-state index is 5.45. The Morgan fingerprint density at radius 1 is 1.33 bits per heavy atom. The van der Waals surface area contributed by atoms with Crippen molar-refractivity contribution in [2.45, 2.75) is 20.8 Å². The van der Waals surface area contributed by atoms with Crippen molar-refractivity contribution in [3.8, 4) is 0 Å². The van der Waals surface area contributed by atoms with Gasteiger partial charge in [0, 0.05) is 5.57 Å². The summed E-state index contributed by atoms with van der Waals surface area (Å²) in [7, 11) is 0. The van der Waals surface area contributed by atoms with E-state index in [1.807, 2.05) is 39.0 Å². The van der Waals surface area contributed by atoms with Crippen LogP contribution in [0, 0.1) is 0 Å². The van der Waals surface area contributed by atoms with E-state index in [4.69, 9.17) is 4.74 Å². The lowest BCUT2D eigenvalue weighted by Gasteiger charge is -2.13. The molecule has 1 heterocycles. The van der Waals surface area contributed by atoms with Gasteiger partial charge in [-0.1, -0.05) is 45.2 Å². The fraction of sp³-hybridized carbons (Fsp3) is 0.286. The largest absolute Gasteiger partial charge is 0.489 e. The molecule has 0 saturated carbocycles. The first-order valence-electron chi connectivity index (χ1n) is 5.25. The number of hydrogen-bond donors (Lipinski definition) is 0. The number of rotatable bonds is 3. The van der Waals surface area contributed by atoms with E-state index in [1.165, 1.54) is 0 Å². The molecule has 0 atom stereocenters. The molecule has 82 valence electrons.